The summed E-state index contributed by atoms with van der Waals surface area (Å²) in [7, 11) is 0. The van der Waals surface area contributed by atoms with Gasteiger partial charge >= 0.3 is 0 Å². The summed E-state index contributed by atoms with van der Waals surface area (Å²) in [5.74, 6) is -0.268. The molecule has 0 fully saturated rings. The molecule has 1 atom stereocenters. The average Bonchev–Trinajstić information content (AvgIpc) is 3.13. The summed E-state index contributed by atoms with van der Waals surface area (Å²) >= 11 is 4.83. The van der Waals surface area contributed by atoms with E-state index in [1.807, 2.05) is 97.1 Å². The summed E-state index contributed by atoms with van der Waals surface area (Å²) in [6, 6.07) is 40.4. The zero-order valence-electron chi connectivity index (χ0n) is 26.9. The number of rotatable bonds is 14. The van der Waals surface area contributed by atoms with Gasteiger partial charge in [-0.3, -0.25) is 14.4 Å². The highest BCUT2D eigenvalue weighted by atomic mass is 79.9. The number of amides is 3. The molecular formula is C40H36BrN3O4S. The zero-order chi connectivity index (χ0) is 34.4. The van der Waals surface area contributed by atoms with Gasteiger partial charge in [-0.15, -0.1) is 11.8 Å². The molecule has 9 heteroatoms. The van der Waals surface area contributed by atoms with Crippen LogP contribution in [0.25, 0.3) is 6.08 Å². The van der Waals surface area contributed by atoms with Crippen LogP contribution in [-0.2, 0) is 9.59 Å². The lowest BCUT2D eigenvalue weighted by atomic mass is 10.1. The first-order valence-electron chi connectivity index (χ1n) is 15.9. The molecule has 7 nitrogen and oxygen atoms in total. The number of hydrogen-bond donors (Lipinski definition) is 3. The molecule has 0 saturated heterocycles. The van der Waals surface area contributed by atoms with Crippen LogP contribution in [-0.4, -0.2) is 24.3 Å². The van der Waals surface area contributed by atoms with Crippen LogP contribution in [0.15, 0.2) is 149 Å². The number of thioether (sulfide) groups is 1. The summed E-state index contributed by atoms with van der Waals surface area (Å²) in [5.41, 5.74) is 3.35. The number of unbranched alkanes of at least 4 members (excludes halogenated alkanes) is 1. The molecule has 0 heterocycles. The third kappa shape index (κ3) is 10.7. The summed E-state index contributed by atoms with van der Waals surface area (Å²) in [6.07, 6.45) is 3.67. The molecule has 5 aromatic carbocycles. The van der Waals surface area contributed by atoms with E-state index in [0.717, 1.165) is 39.1 Å². The molecular weight excluding hydrogens is 698 g/mol. The fourth-order valence-electron chi connectivity index (χ4n) is 4.70. The lowest BCUT2D eigenvalue weighted by Gasteiger charge is -2.18. The highest BCUT2D eigenvalue weighted by Gasteiger charge is 2.23. The molecule has 0 aromatic heterocycles. The Bertz CT molecular complexity index is 1870. The van der Waals surface area contributed by atoms with Gasteiger partial charge in [0.1, 0.15) is 16.7 Å². The molecule has 1 unspecified atom stereocenters. The van der Waals surface area contributed by atoms with Gasteiger partial charge in [0.2, 0.25) is 5.91 Å². The smallest absolute Gasteiger partial charge is 0.272 e. The van der Waals surface area contributed by atoms with Crippen LogP contribution in [0.2, 0.25) is 0 Å². The van der Waals surface area contributed by atoms with Gasteiger partial charge in [0.25, 0.3) is 11.8 Å². The summed E-state index contributed by atoms with van der Waals surface area (Å²) in [4.78, 5) is 40.9. The van der Waals surface area contributed by atoms with Crippen molar-refractivity contribution in [2.45, 2.75) is 29.9 Å². The Morgan fingerprint density at radius 1 is 0.755 bits per heavy atom. The second-order valence-electron chi connectivity index (χ2n) is 11.0. The second kappa shape index (κ2) is 17.9. The van der Waals surface area contributed by atoms with E-state index in [1.165, 1.54) is 11.8 Å². The third-order valence-corrected chi connectivity index (χ3v) is 9.10. The predicted octanol–water partition coefficient (Wildman–Crippen LogP) is 9.51. The number of halogens is 1. The molecule has 0 radical (unpaired) electrons. The number of anilines is 2. The van der Waals surface area contributed by atoms with Crippen LogP contribution in [0.1, 0.15) is 46.5 Å². The van der Waals surface area contributed by atoms with Gasteiger partial charge in [0, 0.05) is 26.3 Å². The Morgan fingerprint density at radius 3 is 2.02 bits per heavy atom. The highest BCUT2D eigenvalue weighted by Crippen LogP contribution is 2.37. The van der Waals surface area contributed by atoms with Crippen molar-refractivity contribution in [3.63, 3.8) is 0 Å². The summed E-state index contributed by atoms with van der Waals surface area (Å²) in [6.45, 7) is 2.78. The molecule has 5 aromatic rings. The predicted molar refractivity (Wildman–Crippen MR) is 202 cm³/mol. The molecule has 5 rings (SSSR count). The maximum absolute atomic E-state index is 13.6. The van der Waals surface area contributed by atoms with Crippen molar-refractivity contribution in [3.05, 3.63) is 160 Å². The SMILES string of the molecule is CCCCOc1ccc(NC(=O)C(Sc2ccc(NC(=O)/C(=C/c3ccc(Br)cc3)NC(=O)c3ccccc3)cc2)c2ccccc2)cc1. The van der Waals surface area contributed by atoms with Crippen LogP contribution >= 0.6 is 27.7 Å². The van der Waals surface area contributed by atoms with E-state index >= 15 is 0 Å². The van der Waals surface area contributed by atoms with Crippen molar-refractivity contribution in [3.8, 4) is 5.75 Å². The van der Waals surface area contributed by atoms with E-state index in [0.29, 0.717) is 23.5 Å². The van der Waals surface area contributed by atoms with Gasteiger partial charge in [-0.05, 0) is 96.4 Å². The van der Waals surface area contributed by atoms with E-state index in [4.69, 9.17) is 4.74 Å². The number of hydrogen-bond acceptors (Lipinski definition) is 5. The lowest BCUT2D eigenvalue weighted by molar-refractivity contribution is -0.116. The summed E-state index contributed by atoms with van der Waals surface area (Å²) < 4.78 is 6.65. The molecule has 0 aliphatic heterocycles. The normalized spacial score (nSPS) is 11.7. The molecule has 0 spiro atoms. The van der Waals surface area contributed by atoms with Crippen LogP contribution < -0.4 is 20.7 Å². The van der Waals surface area contributed by atoms with Gasteiger partial charge in [0.15, 0.2) is 0 Å². The number of nitrogens with one attached hydrogen (secondary N) is 3. The lowest BCUT2D eigenvalue weighted by Crippen LogP contribution is -2.30. The van der Waals surface area contributed by atoms with Crippen molar-refractivity contribution in [1.82, 2.24) is 5.32 Å². The van der Waals surface area contributed by atoms with E-state index in [1.54, 1.807) is 42.5 Å². The van der Waals surface area contributed by atoms with E-state index < -0.39 is 17.1 Å². The topological polar surface area (TPSA) is 96.5 Å². The largest absolute Gasteiger partial charge is 0.494 e. The number of ether oxygens (including phenoxy) is 1. The maximum Gasteiger partial charge on any atom is 0.272 e. The molecule has 248 valence electrons. The Balaban J connectivity index is 1.28. The van der Waals surface area contributed by atoms with E-state index in [9.17, 15) is 14.4 Å². The Kier molecular flexibility index (Phi) is 12.8. The molecule has 0 bridgehead atoms. The minimum absolute atomic E-state index is 0.0935. The number of carbonyl (C=O) groups excluding carboxylic acids is 3. The number of carbonyl (C=O) groups is 3. The number of benzene rings is 5. The van der Waals surface area contributed by atoms with E-state index in [-0.39, 0.29) is 11.6 Å². The fraction of sp³-hybridized carbons (Fsp3) is 0.125. The zero-order valence-corrected chi connectivity index (χ0v) is 29.3. The molecule has 0 saturated carbocycles. The first-order valence-corrected chi connectivity index (χ1v) is 17.6. The van der Waals surface area contributed by atoms with Crippen molar-refractivity contribution in [2.24, 2.45) is 0 Å². The second-order valence-corrected chi connectivity index (χ2v) is 13.1. The van der Waals surface area contributed by atoms with Gasteiger partial charge in [-0.2, -0.15) is 0 Å². The van der Waals surface area contributed by atoms with Crippen molar-refractivity contribution >= 4 is 62.9 Å². The van der Waals surface area contributed by atoms with Crippen LogP contribution in [0.4, 0.5) is 11.4 Å². The third-order valence-electron chi connectivity index (χ3n) is 7.30. The Labute approximate surface area is 299 Å². The standard InChI is InChI=1S/C40H36BrN3O4S/c1-2-3-26-48-34-22-18-32(19-23-34)43-40(47)37(29-10-6-4-7-11-29)49-35-24-20-33(21-25-35)42-39(46)36(27-28-14-16-31(41)17-15-28)44-38(45)30-12-8-5-9-13-30/h4-25,27,37H,2-3,26H2,1H3,(H,42,46)(H,43,47)(H,44,45)/b36-27-. The van der Waals surface area contributed by atoms with Crippen LogP contribution in [0.3, 0.4) is 0 Å². The molecule has 3 N–H and O–H groups in total. The average molecular weight is 735 g/mol. The van der Waals surface area contributed by atoms with Crippen LogP contribution in [0.5, 0.6) is 5.75 Å². The maximum atomic E-state index is 13.6. The van der Waals surface area contributed by atoms with Crippen molar-refractivity contribution in [1.29, 1.82) is 0 Å². The van der Waals surface area contributed by atoms with Gasteiger partial charge < -0.3 is 20.7 Å². The minimum atomic E-state index is -0.532. The van der Waals surface area contributed by atoms with Gasteiger partial charge in [0.05, 0.1) is 6.61 Å². The minimum Gasteiger partial charge on any atom is -0.494 e. The first kappa shape index (κ1) is 35.2. The molecule has 0 aliphatic rings. The molecule has 0 aliphatic carbocycles. The monoisotopic (exact) mass is 733 g/mol. The van der Waals surface area contributed by atoms with Crippen LogP contribution in [0, 0.1) is 0 Å². The van der Waals surface area contributed by atoms with Crippen molar-refractivity contribution < 1.29 is 19.1 Å². The van der Waals surface area contributed by atoms with Gasteiger partial charge in [-0.25, -0.2) is 0 Å². The first-order chi connectivity index (χ1) is 23.9. The summed E-state index contributed by atoms with van der Waals surface area (Å²) in [5, 5.41) is 8.16. The quantitative estimate of drug-likeness (QED) is 0.0600. The molecule has 49 heavy (non-hydrogen) atoms. The molecule has 3 amide bonds. The Hall–Kier alpha value is -5.12. The Morgan fingerprint density at radius 2 is 1.37 bits per heavy atom. The highest BCUT2D eigenvalue weighted by molar-refractivity contribution is 9.10. The fourth-order valence-corrected chi connectivity index (χ4v) is 5.99. The van der Waals surface area contributed by atoms with E-state index in [2.05, 4.69) is 38.8 Å². The van der Waals surface area contributed by atoms with Crippen molar-refractivity contribution in [2.75, 3.05) is 17.2 Å². The van der Waals surface area contributed by atoms with Gasteiger partial charge in [-0.1, -0.05) is 89.9 Å².